The number of fused-ring (bicyclic) bond motifs is 1. The van der Waals surface area contributed by atoms with E-state index in [1.165, 1.54) is 12.1 Å². The van der Waals surface area contributed by atoms with Crippen molar-refractivity contribution in [1.29, 1.82) is 0 Å². The van der Waals surface area contributed by atoms with Gasteiger partial charge in [0, 0.05) is 5.39 Å². The van der Waals surface area contributed by atoms with Gasteiger partial charge in [0.15, 0.2) is 0 Å². The van der Waals surface area contributed by atoms with E-state index < -0.39 is 11.5 Å². The molecular formula is C17H9Cl4N2O3. The highest BCUT2D eigenvalue weighted by Crippen LogP contribution is 2.28. The Hall–Kier alpha value is -1.79. The van der Waals surface area contributed by atoms with E-state index in [2.05, 4.69) is 5.10 Å². The maximum Gasteiger partial charge on any atom is 0.313 e. The van der Waals surface area contributed by atoms with Crippen LogP contribution in [0.3, 0.4) is 0 Å². The van der Waals surface area contributed by atoms with Gasteiger partial charge in [0.1, 0.15) is 6.42 Å². The highest BCUT2D eigenvalue weighted by molar-refractivity contribution is 6.43. The molecule has 26 heavy (non-hydrogen) atoms. The zero-order valence-corrected chi connectivity index (χ0v) is 15.9. The van der Waals surface area contributed by atoms with Crippen LogP contribution in [0.4, 0.5) is 0 Å². The van der Waals surface area contributed by atoms with Crippen molar-refractivity contribution in [2.45, 2.75) is 6.54 Å². The summed E-state index contributed by atoms with van der Waals surface area (Å²) >= 11 is 23.9. The number of aliphatic carboxylic acids is 1. The van der Waals surface area contributed by atoms with Crippen LogP contribution in [0.15, 0.2) is 35.1 Å². The van der Waals surface area contributed by atoms with Crippen LogP contribution in [0.25, 0.3) is 10.8 Å². The summed E-state index contributed by atoms with van der Waals surface area (Å²) < 4.78 is 1.14. The van der Waals surface area contributed by atoms with Crippen LogP contribution < -0.4 is 5.56 Å². The van der Waals surface area contributed by atoms with E-state index >= 15 is 0 Å². The Morgan fingerprint density at radius 1 is 1.00 bits per heavy atom. The molecule has 3 rings (SSSR count). The Balaban J connectivity index is 2.20. The summed E-state index contributed by atoms with van der Waals surface area (Å²) in [6.45, 7) is 0.0758. The van der Waals surface area contributed by atoms with Crippen LogP contribution in [0.2, 0.25) is 20.1 Å². The fraction of sp³-hybridized carbons (Fsp3) is 0.0588. The first-order valence-electron chi connectivity index (χ1n) is 7.17. The summed E-state index contributed by atoms with van der Waals surface area (Å²) in [7, 11) is 0. The lowest BCUT2D eigenvalue weighted by Gasteiger charge is -2.11. The molecule has 0 spiro atoms. The molecule has 0 aliphatic heterocycles. The van der Waals surface area contributed by atoms with E-state index in [4.69, 9.17) is 51.5 Å². The summed E-state index contributed by atoms with van der Waals surface area (Å²) in [6.07, 6.45) is 0.900. The average Bonchev–Trinajstić information content (AvgIpc) is 2.56. The molecule has 9 heteroatoms. The van der Waals surface area contributed by atoms with Crippen LogP contribution in [-0.2, 0) is 11.3 Å². The highest BCUT2D eigenvalue weighted by Gasteiger charge is 2.16. The Kier molecular flexibility index (Phi) is 5.44. The van der Waals surface area contributed by atoms with Gasteiger partial charge in [0.25, 0.3) is 5.56 Å². The number of nitrogens with zero attached hydrogens (tertiary/aromatic N) is 2. The number of carbonyl (C=O) groups is 1. The predicted molar refractivity (Wildman–Crippen MR) is 103 cm³/mol. The number of halogens is 4. The minimum Gasteiger partial charge on any atom is -0.481 e. The van der Waals surface area contributed by atoms with Crippen LogP contribution in [-0.4, -0.2) is 20.9 Å². The minimum absolute atomic E-state index is 0.0758. The summed E-state index contributed by atoms with van der Waals surface area (Å²) in [5.41, 5.74) is 0.326. The van der Waals surface area contributed by atoms with Crippen LogP contribution >= 0.6 is 46.4 Å². The molecule has 1 aromatic heterocycles. The molecule has 1 radical (unpaired) electrons. The van der Waals surface area contributed by atoms with Crippen molar-refractivity contribution in [3.05, 3.63) is 78.5 Å². The molecule has 1 heterocycles. The predicted octanol–water partition coefficient (Wildman–Crippen LogP) is 4.70. The first-order chi connectivity index (χ1) is 12.3. The van der Waals surface area contributed by atoms with Crippen LogP contribution in [0.1, 0.15) is 11.3 Å². The molecule has 0 aliphatic rings. The van der Waals surface area contributed by atoms with Crippen molar-refractivity contribution in [3.63, 3.8) is 0 Å². The van der Waals surface area contributed by atoms with Gasteiger partial charge >= 0.3 is 5.97 Å². The van der Waals surface area contributed by atoms with E-state index in [0.29, 0.717) is 21.0 Å². The quantitative estimate of drug-likeness (QED) is 0.651. The van der Waals surface area contributed by atoms with E-state index in [0.717, 1.165) is 11.1 Å². The van der Waals surface area contributed by atoms with E-state index in [-0.39, 0.29) is 27.7 Å². The molecule has 0 unspecified atom stereocenters. The molecule has 2 aromatic carbocycles. The normalized spacial score (nSPS) is 11.1. The lowest BCUT2D eigenvalue weighted by atomic mass is 10.1. The minimum atomic E-state index is -1.20. The fourth-order valence-electron chi connectivity index (χ4n) is 2.45. The summed E-state index contributed by atoms with van der Waals surface area (Å²) in [5.74, 6) is -1.20. The number of benzene rings is 2. The molecule has 0 amide bonds. The van der Waals surface area contributed by atoms with Gasteiger partial charge in [-0.15, -0.1) is 0 Å². The van der Waals surface area contributed by atoms with Gasteiger partial charge in [-0.05, 0) is 29.8 Å². The number of aromatic nitrogens is 2. The third-order valence-electron chi connectivity index (χ3n) is 3.61. The Bertz CT molecular complexity index is 1100. The molecule has 0 aliphatic carbocycles. The van der Waals surface area contributed by atoms with E-state index in [1.807, 2.05) is 0 Å². The average molecular weight is 431 g/mol. The molecule has 3 aromatic rings. The molecule has 0 bridgehead atoms. The zero-order valence-electron chi connectivity index (χ0n) is 12.8. The van der Waals surface area contributed by atoms with Gasteiger partial charge < -0.3 is 5.11 Å². The smallest absolute Gasteiger partial charge is 0.313 e. The summed E-state index contributed by atoms with van der Waals surface area (Å²) in [6, 6.07) is 7.73. The fourth-order valence-corrected chi connectivity index (χ4v) is 3.09. The monoisotopic (exact) mass is 429 g/mol. The number of hydrogen-bond donors (Lipinski definition) is 1. The summed E-state index contributed by atoms with van der Waals surface area (Å²) in [5, 5.41) is 14.9. The molecule has 5 nitrogen and oxygen atoms in total. The van der Waals surface area contributed by atoms with Crippen molar-refractivity contribution in [3.8, 4) is 0 Å². The van der Waals surface area contributed by atoms with Crippen LogP contribution in [0.5, 0.6) is 0 Å². The molecule has 133 valence electrons. The van der Waals surface area contributed by atoms with E-state index in [1.54, 1.807) is 18.2 Å². The first kappa shape index (κ1) is 19.0. The molecule has 0 fully saturated rings. The number of carboxylic acids is 1. The SMILES string of the molecule is O=C(O)[CH]c1nn(Cc2ccc(Cl)c(Cl)c2)c(=O)c2cc(Cl)c(Cl)cc12. The molecule has 0 saturated carbocycles. The first-order valence-corrected chi connectivity index (χ1v) is 8.69. The second kappa shape index (κ2) is 7.45. The van der Waals surface area contributed by atoms with Gasteiger partial charge in [-0.3, -0.25) is 9.59 Å². The summed E-state index contributed by atoms with van der Waals surface area (Å²) in [4.78, 5) is 23.9. The number of carboxylic acid groups (broad SMARTS) is 1. The molecule has 0 saturated heterocycles. The largest absolute Gasteiger partial charge is 0.481 e. The third-order valence-corrected chi connectivity index (χ3v) is 5.07. The maximum atomic E-state index is 12.8. The molecule has 1 N–H and O–H groups in total. The third kappa shape index (κ3) is 3.81. The zero-order chi connectivity index (χ0) is 19.0. The van der Waals surface area contributed by atoms with Gasteiger partial charge in [-0.1, -0.05) is 52.5 Å². The lowest BCUT2D eigenvalue weighted by Crippen LogP contribution is -2.25. The molecular weight excluding hydrogens is 422 g/mol. The van der Waals surface area contributed by atoms with Crippen molar-refractivity contribution >= 4 is 63.1 Å². The Labute approximate surface area is 167 Å². The highest BCUT2D eigenvalue weighted by atomic mass is 35.5. The van der Waals surface area contributed by atoms with Crippen molar-refractivity contribution in [2.24, 2.45) is 0 Å². The molecule has 0 atom stereocenters. The maximum absolute atomic E-state index is 12.8. The van der Waals surface area contributed by atoms with Crippen molar-refractivity contribution < 1.29 is 9.90 Å². The Morgan fingerprint density at radius 2 is 1.62 bits per heavy atom. The van der Waals surface area contributed by atoms with Gasteiger partial charge in [0.2, 0.25) is 0 Å². The second-order valence-electron chi connectivity index (χ2n) is 5.39. The van der Waals surface area contributed by atoms with Crippen molar-refractivity contribution in [1.82, 2.24) is 9.78 Å². The Morgan fingerprint density at radius 3 is 2.23 bits per heavy atom. The number of rotatable bonds is 4. The number of hydrogen-bond acceptors (Lipinski definition) is 3. The second-order valence-corrected chi connectivity index (χ2v) is 7.02. The van der Waals surface area contributed by atoms with Crippen molar-refractivity contribution in [2.75, 3.05) is 0 Å². The lowest BCUT2D eigenvalue weighted by molar-refractivity contribution is -0.132. The van der Waals surface area contributed by atoms with Gasteiger partial charge in [-0.2, -0.15) is 5.10 Å². The topological polar surface area (TPSA) is 72.2 Å². The van der Waals surface area contributed by atoms with Gasteiger partial charge in [0.05, 0.1) is 37.7 Å². The van der Waals surface area contributed by atoms with E-state index in [9.17, 15) is 9.59 Å². The van der Waals surface area contributed by atoms with Crippen LogP contribution in [0, 0.1) is 6.42 Å². The van der Waals surface area contributed by atoms with Gasteiger partial charge in [-0.25, -0.2) is 4.68 Å². The standard InChI is InChI=1S/C17H9Cl4N2O3/c18-11-2-1-8(3-12(11)19)7-23-17(26)10-5-14(21)13(20)4-9(10)15(22-23)6-16(24)25/h1-6H,7H2,(H,24,25).